The molecule has 0 spiro atoms. The summed E-state index contributed by atoms with van der Waals surface area (Å²) in [6.45, 7) is 5.86. The number of hydrogen-bond acceptors (Lipinski definition) is 2. The molecule has 1 aliphatic rings. The van der Waals surface area contributed by atoms with Crippen LogP contribution >= 0.6 is 0 Å². The lowest BCUT2D eigenvalue weighted by Gasteiger charge is -2.20. The zero-order valence-electron chi connectivity index (χ0n) is 13.3. The molecular formula is C18H28FNO. The van der Waals surface area contributed by atoms with E-state index in [2.05, 4.69) is 18.3 Å². The number of ether oxygens (including phenoxy) is 1. The second-order valence-electron chi connectivity index (χ2n) is 6.08. The molecule has 1 saturated heterocycles. The second kappa shape index (κ2) is 8.50. The number of rotatable bonds is 8. The molecule has 2 unspecified atom stereocenters. The van der Waals surface area contributed by atoms with Gasteiger partial charge in [-0.05, 0) is 69.2 Å². The van der Waals surface area contributed by atoms with Crippen LogP contribution in [0.4, 0.5) is 4.39 Å². The van der Waals surface area contributed by atoms with Gasteiger partial charge < -0.3 is 10.1 Å². The van der Waals surface area contributed by atoms with Gasteiger partial charge in [0.1, 0.15) is 5.82 Å². The van der Waals surface area contributed by atoms with E-state index in [0.29, 0.717) is 11.7 Å². The minimum absolute atomic E-state index is 0.102. The van der Waals surface area contributed by atoms with Gasteiger partial charge in [-0.15, -0.1) is 0 Å². The maximum Gasteiger partial charge on any atom is 0.126 e. The number of nitrogens with one attached hydrogen (secondary N) is 1. The van der Waals surface area contributed by atoms with Gasteiger partial charge in [-0.3, -0.25) is 0 Å². The molecule has 0 saturated carbocycles. The summed E-state index contributed by atoms with van der Waals surface area (Å²) in [6.07, 6.45) is 7.24. The minimum Gasteiger partial charge on any atom is -0.378 e. The topological polar surface area (TPSA) is 21.3 Å². The van der Waals surface area contributed by atoms with Crippen LogP contribution in [0.25, 0.3) is 0 Å². The third-order valence-electron chi connectivity index (χ3n) is 4.28. The van der Waals surface area contributed by atoms with Crippen molar-refractivity contribution in [1.29, 1.82) is 0 Å². The molecule has 0 aliphatic carbocycles. The first-order valence-electron chi connectivity index (χ1n) is 8.31. The van der Waals surface area contributed by atoms with E-state index in [1.165, 1.54) is 12.8 Å². The predicted octanol–water partition coefficient (Wildman–Crippen LogP) is 4.52. The fourth-order valence-electron chi connectivity index (χ4n) is 2.95. The summed E-state index contributed by atoms with van der Waals surface area (Å²) in [7, 11) is 0. The molecule has 0 amide bonds. The standard InChI is InChI=1S/C18H28FNO/c1-3-11-20-18(8-4-6-16-7-5-12-21-16)15-10-9-14(2)17(19)13-15/h9-10,13,16,18,20H,3-8,11-12H2,1-2H3. The maximum atomic E-state index is 13.8. The van der Waals surface area contributed by atoms with E-state index in [1.54, 1.807) is 6.07 Å². The summed E-state index contributed by atoms with van der Waals surface area (Å²) in [6, 6.07) is 5.87. The highest BCUT2D eigenvalue weighted by molar-refractivity contribution is 5.25. The average Bonchev–Trinajstić information content (AvgIpc) is 2.99. The predicted molar refractivity (Wildman–Crippen MR) is 85.0 cm³/mol. The molecule has 1 fully saturated rings. The van der Waals surface area contributed by atoms with Crippen LogP contribution < -0.4 is 5.32 Å². The van der Waals surface area contributed by atoms with Gasteiger partial charge in [-0.1, -0.05) is 19.1 Å². The molecule has 0 radical (unpaired) electrons. The van der Waals surface area contributed by atoms with Crippen LogP contribution in [0.5, 0.6) is 0 Å². The van der Waals surface area contributed by atoms with Crippen LogP contribution in [0.15, 0.2) is 18.2 Å². The minimum atomic E-state index is -0.102. The molecule has 1 aliphatic heterocycles. The van der Waals surface area contributed by atoms with Crippen molar-refractivity contribution in [3.05, 3.63) is 35.1 Å². The molecule has 3 heteroatoms. The van der Waals surface area contributed by atoms with Gasteiger partial charge in [0.2, 0.25) is 0 Å². The number of aryl methyl sites for hydroxylation is 1. The molecule has 1 N–H and O–H groups in total. The van der Waals surface area contributed by atoms with E-state index in [0.717, 1.165) is 44.4 Å². The van der Waals surface area contributed by atoms with Gasteiger partial charge in [-0.25, -0.2) is 4.39 Å². The normalized spacial score (nSPS) is 19.9. The zero-order chi connectivity index (χ0) is 15.1. The Morgan fingerprint density at radius 3 is 2.95 bits per heavy atom. The fraction of sp³-hybridized carbons (Fsp3) is 0.667. The Hall–Kier alpha value is -0.930. The Morgan fingerprint density at radius 1 is 1.43 bits per heavy atom. The van der Waals surface area contributed by atoms with Crippen molar-refractivity contribution in [2.45, 2.75) is 64.5 Å². The molecule has 1 aromatic carbocycles. The summed E-state index contributed by atoms with van der Waals surface area (Å²) in [4.78, 5) is 0. The van der Waals surface area contributed by atoms with Crippen LogP contribution in [-0.2, 0) is 4.74 Å². The summed E-state index contributed by atoms with van der Waals surface area (Å²) >= 11 is 0. The van der Waals surface area contributed by atoms with E-state index >= 15 is 0 Å². The molecule has 2 atom stereocenters. The zero-order valence-corrected chi connectivity index (χ0v) is 13.3. The Kier molecular flexibility index (Phi) is 6.65. The first-order chi connectivity index (χ1) is 10.2. The molecule has 118 valence electrons. The first-order valence-corrected chi connectivity index (χ1v) is 8.31. The van der Waals surface area contributed by atoms with Crippen molar-refractivity contribution in [3.63, 3.8) is 0 Å². The first kappa shape index (κ1) is 16.4. The van der Waals surface area contributed by atoms with Crippen LogP contribution in [0.1, 0.15) is 62.6 Å². The van der Waals surface area contributed by atoms with Crippen LogP contribution in [0.3, 0.4) is 0 Å². The van der Waals surface area contributed by atoms with Crippen LogP contribution in [-0.4, -0.2) is 19.3 Å². The molecule has 21 heavy (non-hydrogen) atoms. The Labute approximate surface area is 128 Å². The van der Waals surface area contributed by atoms with Gasteiger partial charge in [0.15, 0.2) is 0 Å². The molecule has 0 bridgehead atoms. The van der Waals surface area contributed by atoms with Crippen LogP contribution in [0, 0.1) is 12.7 Å². The van der Waals surface area contributed by atoms with Crippen molar-refractivity contribution >= 4 is 0 Å². The molecule has 0 aromatic heterocycles. The molecule has 1 aromatic rings. The van der Waals surface area contributed by atoms with Gasteiger partial charge in [0.05, 0.1) is 6.10 Å². The highest BCUT2D eigenvalue weighted by Gasteiger charge is 2.17. The highest BCUT2D eigenvalue weighted by atomic mass is 19.1. The van der Waals surface area contributed by atoms with Crippen molar-refractivity contribution in [1.82, 2.24) is 5.32 Å². The summed E-state index contributed by atoms with van der Waals surface area (Å²) in [5.41, 5.74) is 1.78. The molecule has 2 nitrogen and oxygen atoms in total. The summed E-state index contributed by atoms with van der Waals surface area (Å²) in [5.74, 6) is -0.102. The molecular weight excluding hydrogens is 265 g/mol. The average molecular weight is 293 g/mol. The van der Waals surface area contributed by atoms with E-state index < -0.39 is 0 Å². The lowest BCUT2D eigenvalue weighted by molar-refractivity contribution is 0.101. The molecule has 2 rings (SSSR count). The Bertz CT molecular complexity index is 429. The lowest BCUT2D eigenvalue weighted by atomic mass is 9.98. The highest BCUT2D eigenvalue weighted by Crippen LogP contribution is 2.24. The maximum absolute atomic E-state index is 13.8. The van der Waals surface area contributed by atoms with Crippen molar-refractivity contribution in [3.8, 4) is 0 Å². The summed E-state index contributed by atoms with van der Waals surface area (Å²) in [5, 5.41) is 3.55. The third kappa shape index (κ3) is 5.08. The van der Waals surface area contributed by atoms with Gasteiger partial charge in [0.25, 0.3) is 0 Å². The lowest BCUT2D eigenvalue weighted by Crippen LogP contribution is -2.22. The Balaban J connectivity index is 1.90. The monoisotopic (exact) mass is 293 g/mol. The fourth-order valence-corrected chi connectivity index (χ4v) is 2.95. The number of hydrogen-bond donors (Lipinski definition) is 1. The van der Waals surface area contributed by atoms with Crippen molar-refractivity contribution in [2.24, 2.45) is 0 Å². The quantitative estimate of drug-likeness (QED) is 0.760. The smallest absolute Gasteiger partial charge is 0.126 e. The van der Waals surface area contributed by atoms with E-state index in [-0.39, 0.29) is 11.9 Å². The summed E-state index contributed by atoms with van der Waals surface area (Å²) < 4.78 is 19.5. The second-order valence-corrected chi connectivity index (χ2v) is 6.08. The van der Waals surface area contributed by atoms with Crippen LogP contribution in [0.2, 0.25) is 0 Å². The van der Waals surface area contributed by atoms with Gasteiger partial charge >= 0.3 is 0 Å². The van der Waals surface area contributed by atoms with Crippen molar-refractivity contribution in [2.75, 3.05) is 13.2 Å². The van der Waals surface area contributed by atoms with Crippen molar-refractivity contribution < 1.29 is 9.13 Å². The van der Waals surface area contributed by atoms with Gasteiger partial charge in [0, 0.05) is 12.6 Å². The number of halogens is 1. The third-order valence-corrected chi connectivity index (χ3v) is 4.28. The molecule has 1 heterocycles. The van der Waals surface area contributed by atoms with Gasteiger partial charge in [-0.2, -0.15) is 0 Å². The van der Waals surface area contributed by atoms with E-state index in [9.17, 15) is 4.39 Å². The Morgan fingerprint density at radius 2 is 2.29 bits per heavy atom. The largest absolute Gasteiger partial charge is 0.378 e. The SMILES string of the molecule is CCCNC(CCCC1CCCO1)c1ccc(C)c(F)c1. The number of benzene rings is 1. The van der Waals surface area contributed by atoms with E-state index in [4.69, 9.17) is 4.74 Å². The van der Waals surface area contributed by atoms with E-state index in [1.807, 2.05) is 13.0 Å².